The van der Waals surface area contributed by atoms with Gasteiger partial charge in [0.15, 0.2) is 0 Å². The van der Waals surface area contributed by atoms with E-state index in [-0.39, 0.29) is 31.5 Å². The van der Waals surface area contributed by atoms with Crippen LogP contribution in [0.5, 0.6) is 0 Å². The summed E-state index contributed by atoms with van der Waals surface area (Å²) >= 11 is 0. The van der Waals surface area contributed by atoms with E-state index in [1.807, 2.05) is 33.3 Å². The van der Waals surface area contributed by atoms with Crippen LogP contribution in [0.15, 0.2) is 60.8 Å². The number of likely N-dealkylation sites (N-methyl/N-ethyl adjacent to an activating group) is 1. The Bertz CT molecular complexity index is 1440. The van der Waals surface area contributed by atoms with Crippen molar-refractivity contribution in [2.45, 2.75) is 290 Å². The van der Waals surface area contributed by atoms with Gasteiger partial charge in [-0.3, -0.25) is 18.6 Å². The topological polar surface area (TPSA) is 111 Å². The Morgan fingerprint density at radius 1 is 0.479 bits per heavy atom. The fourth-order valence-corrected chi connectivity index (χ4v) is 9.42. The monoisotopic (exact) mass is 1050 g/mol. The summed E-state index contributed by atoms with van der Waals surface area (Å²) in [5, 5.41) is 3.05. The van der Waals surface area contributed by atoms with Gasteiger partial charge < -0.3 is 19.4 Å². The van der Waals surface area contributed by atoms with Crippen LogP contribution in [-0.2, 0) is 27.9 Å². The van der Waals surface area contributed by atoms with Gasteiger partial charge in [0.2, 0.25) is 5.91 Å². The fourth-order valence-electron chi connectivity index (χ4n) is 8.69. The first-order valence-corrected chi connectivity index (χ1v) is 32.1. The minimum Gasteiger partial charge on any atom is -0.456 e. The number of carbonyl (C=O) groups is 2. The number of ether oxygens (including phenoxy) is 1. The van der Waals surface area contributed by atoms with Crippen molar-refractivity contribution >= 4 is 19.7 Å². The number of esters is 1. The summed E-state index contributed by atoms with van der Waals surface area (Å²) in [5.41, 5.74) is 0. The molecule has 0 saturated carbocycles. The summed E-state index contributed by atoms with van der Waals surface area (Å²) in [4.78, 5) is 37.6. The van der Waals surface area contributed by atoms with Crippen LogP contribution in [0.3, 0.4) is 0 Å². The van der Waals surface area contributed by atoms with Crippen molar-refractivity contribution in [2.24, 2.45) is 0 Å². The van der Waals surface area contributed by atoms with E-state index in [4.69, 9.17) is 13.8 Å². The maximum absolute atomic E-state index is 13.5. The first-order chi connectivity index (χ1) is 35.4. The van der Waals surface area contributed by atoms with Gasteiger partial charge in [-0.1, -0.05) is 249 Å². The van der Waals surface area contributed by atoms with E-state index >= 15 is 0 Å². The average Bonchev–Trinajstić information content (AvgIpc) is 3.35. The molecule has 0 aliphatic rings. The molecule has 73 heavy (non-hydrogen) atoms. The normalized spacial score (nSPS) is 14.1. The summed E-state index contributed by atoms with van der Waals surface area (Å²) < 4.78 is 30.6. The van der Waals surface area contributed by atoms with E-state index in [0.29, 0.717) is 17.4 Å². The highest BCUT2D eigenvalue weighted by molar-refractivity contribution is 7.47. The molecule has 0 bridgehead atoms. The smallest absolute Gasteiger partial charge is 0.456 e. The molecular formula is C63H118N2O7P+. The Hall–Kier alpha value is -2.29. The highest BCUT2D eigenvalue weighted by Crippen LogP contribution is 2.43. The molecule has 0 rings (SSSR count). The van der Waals surface area contributed by atoms with Crippen LogP contribution < -0.4 is 5.32 Å². The third-order valence-electron chi connectivity index (χ3n) is 13.5. The van der Waals surface area contributed by atoms with Gasteiger partial charge in [-0.15, -0.1) is 0 Å². The van der Waals surface area contributed by atoms with Gasteiger partial charge in [0.1, 0.15) is 19.3 Å². The van der Waals surface area contributed by atoms with Crippen molar-refractivity contribution in [1.82, 2.24) is 5.32 Å². The lowest BCUT2D eigenvalue weighted by Crippen LogP contribution is -2.47. The van der Waals surface area contributed by atoms with Crippen molar-refractivity contribution in [3.63, 3.8) is 0 Å². The molecule has 9 nitrogen and oxygen atoms in total. The molecule has 0 aliphatic heterocycles. The number of phosphoric acid groups is 1. The maximum atomic E-state index is 13.5. The summed E-state index contributed by atoms with van der Waals surface area (Å²) in [6.07, 6.45) is 66.4. The van der Waals surface area contributed by atoms with E-state index < -0.39 is 20.0 Å². The fraction of sp³-hybridized carbons (Fsp3) is 0.810. The third kappa shape index (κ3) is 54.3. The second-order valence-corrected chi connectivity index (χ2v) is 23.3. The van der Waals surface area contributed by atoms with E-state index in [2.05, 4.69) is 74.7 Å². The van der Waals surface area contributed by atoms with Crippen LogP contribution in [0, 0.1) is 0 Å². The van der Waals surface area contributed by atoms with Crippen LogP contribution in [0.1, 0.15) is 278 Å². The zero-order valence-electron chi connectivity index (χ0n) is 48.6. The summed E-state index contributed by atoms with van der Waals surface area (Å²) in [7, 11) is 1.49. The van der Waals surface area contributed by atoms with Crippen LogP contribution in [0.25, 0.3) is 0 Å². The van der Waals surface area contributed by atoms with Crippen LogP contribution >= 0.6 is 7.82 Å². The minimum atomic E-state index is -4.45. The van der Waals surface area contributed by atoms with Gasteiger partial charge in [-0.2, -0.15) is 0 Å². The highest BCUT2D eigenvalue weighted by Gasteiger charge is 2.30. The van der Waals surface area contributed by atoms with Gasteiger partial charge in [0, 0.05) is 12.8 Å². The molecule has 0 heterocycles. The van der Waals surface area contributed by atoms with Crippen molar-refractivity contribution in [1.29, 1.82) is 0 Å². The number of carbonyl (C=O) groups excluding carboxylic acids is 2. The third-order valence-corrected chi connectivity index (χ3v) is 14.4. The number of hydrogen-bond acceptors (Lipinski definition) is 6. The molecule has 0 fully saturated rings. The molecule has 0 radical (unpaired) electrons. The number of rotatable bonds is 55. The number of nitrogens with one attached hydrogen (secondary N) is 1. The number of allylic oxidation sites excluding steroid dienone is 9. The van der Waals surface area contributed by atoms with Crippen molar-refractivity contribution in [3.05, 3.63) is 60.8 Å². The predicted octanol–water partition coefficient (Wildman–Crippen LogP) is 18.7. The Labute approximate surface area is 451 Å². The quantitative estimate of drug-likeness (QED) is 0.0205. The Morgan fingerprint density at radius 3 is 1.27 bits per heavy atom. The molecule has 0 saturated heterocycles. The van der Waals surface area contributed by atoms with E-state index in [1.165, 1.54) is 154 Å². The molecular weight excluding hydrogens is 928 g/mol. The second-order valence-electron chi connectivity index (χ2n) is 21.9. The zero-order chi connectivity index (χ0) is 53.6. The van der Waals surface area contributed by atoms with Gasteiger partial charge in [0.05, 0.1) is 33.8 Å². The summed E-state index contributed by atoms with van der Waals surface area (Å²) in [6.45, 7) is 6.98. The largest absolute Gasteiger partial charge is 0.472 e. The molecule has 3 unspecified atom stereocenters. The van der Waals surface area contributed by atoms with Crippen molar-refractivity contribution in [2.75, 3.05) is 40.9 Å². The predicted molar refractivity (Wildman–Crippen MR) is 314 cm³/mol. The number of unbranched alkanes of at least 4 members (excludes halogenated alkanes) is 31. The molecule has 0 aromatic carbocycles. The first kappa shape index (κ1) is 70.7. The lowest BCUT2D eigenvalue weighted by molar-refractivity contribution is -0.870. The molecule has 0 aromatic heterocycles. The molecule has 1 amide bonds. The standard InChI is InChI=1S/C63H117N2O7P/c1-7-10-13-16-19-22-25-27-28-29-30-31-32-33-34-35-36-38-41-44-47-50-53-56-63(67)72-61(54-51-48-45-42-39-24-21-18-15-12-9-3)60(59-71-73(68,69)70-58-57-65(4,5)6)64-62(66)55-52-49-46-43-40-37-26-23-20-17-14-11-8-2/h19,22,27-28,30-31,33-34,51,54,60-61H,7-18,20-21,23-26,29,32,35-50,52-53,55-59H2,1-6H3,(H-,64,66,68,69)/p+1/b22-19-,28-27-,31-30-,34-33-,54-51+. The number of hydrogen-bond donors (Lipinski definition) is 2. The van der Waals surface area contributed by atoms with Gasteiger partial charge in [-0.05, 0) is 76.7 Å². The van der Waals surface area contributed by atoms with Crippen molar-refractivity contribution in [3.8, 4) is 0 Å². The van der Waals surface area contributed by atoms with Gasteiger partial charge in [-0.25, -0.2) is 4.57 Å². The molecule has 0 aliphatic carbocycles. The lowest BCUT2D eigenvalue weighted by Gasteiger charge is -2.27. The Morgan fingerprint density at radius 2 is 0.836 bits per heavy atom. The highest BCUT2D eigenvalue weighted by atomic mass is 31.2. The van der Waals surface area contributed by atoms with Crippen LogP contribution in [0.2, 0.25) is 0 Å². The van der Waals surface area contributed by atoms with E-state index in [9.17, 15) is 19.0 Å². The first-order valence-electron chi connectivity index (χ1n) is 30.6. The number of phosphoric ester groups is 1. The maximum Gasteiger partial charge on any atom is 0.472 e. The summed E-state index contributed by atoms with van der Waals surface area (Å²) in [5.74, 6) is -0.512. The second kappa shape index (κ2) is 53.1. The molecule has 0 spiro atoms. The number of quaternary nitrogens is 1. The van der Waals surface area contributed by atoms with Crippen LogP contribution in [-0.4, -0.2) is 74.3 Å². The van der Waals surface area contributed by atoms with E-state index in [1.54, 1.807) is 0 Å². The SMILES string of the molecule is CCCCC/C=C\C/C=C\C/C=C\C/C=C\CCCCCCCCCC(=O)OC(/C=C/CCCCCCCCCCC)C(COP(=O)(O)OCC[N+](C)(C)C)NC(=O)CCCCCCCCCCCCCCC. The minimum absolute atomic E-state index is 0.0382. The van der Waals surface area contributed by atoms with Crippen molar-refractivity contribution < 1.29 is 37.3 Å². The van der Waals surface area contributed by atoms with E-state index in [0.717, 1.165) is 89.9 Å². The van der Waals surface area contributed by atoms with Crippen LogP contribution in [0.4, 0.5) is 0 Å². The number of nitrogens with zero attached hydrogens (tertiary/aromatic N) is 1. The Balaban J connectivity index is 5.19. The average molecular weight is 1050 g/mol. The zero-order valence-corrected chi connectivity index (χ0v) is 49.5. The molecule has 3 atom stereocenters. The van der Waals surface area contributed by atoms with Gasteiger partial charge >= 0.3 is 13.8 Å². The molecule has 0 aromatic rings. The number of amides is 1. The molecule has 426 valence electrons. The lowest BCUT2D eigenvalue weighted by atomic mass is 10.0. The molecule has 2 N–H and O–H groups in total. The van der Waals surface area contributed by atoms with Gasteiger partial charge in [0.25, 0.3) is 0 Å². The molecule has 10 heteroatoms. The summed E-state index contributed by atoms with van der Waals surface area (Å²) in [6, 6.07) is -0.851. The Kier molecular flexibility index (Phi) is 51.5.